The van der Waals surface area contributed by atoms with Crippen LogP contribution < -0.4 is 5.73 Å². The molecule has 0 spiro atoms. The molecule has 20 heavy (non-hydrogen) atoms. The number of carbonyl (C=O) groups is 1. The molecule has 1 aromatic heterocycles. The Morgan fingerprint density at radius 2 is 1.95 bits per heavy atom. The zero-order valence-electron chi connectivity index (χ0n) is 13.0. The van der Waals surface area contributed by atoms with E-state index in [0.717, 1.165) is 10.6 Å². The molecule has 0 amide bonds. The van der Waals surface area contributed by atoms with Crippen LogP contribution in [0.4, 0.5) is 5.82 Å². The summed E-state index contributed by atoms with van der Waals surface area (Å²) >= 11 is 1.34. The average Bonchev–Trinajstić information content (AvgIpc) is 2.28. The Morgan fingerprint density at radius 1 is 1.35 bits per heavy atom. The summed E-state index contributed by atoms with van der Waals surface area (Å²) < 4.78 is 5.27. The van der Waals surface area contributed by atoms with Gasteiger partial charge in [0.25, 0.3) is 0 Å². The molecule has 0 saturated carbocycles. The maximum absolute atomic E-state index is 11.7. The normalized spacial score (nSPS) is 11.8. The lowest BCUT2D eigenvalue weighted by Gasteiger charge is -2.19. The summed E-state index contributed by atoms with van der Waals surface area (Å²) in [6.45, 7) is 11.4. The molecule has 0 radical (unpaired) electrons. The fourth-order valence-electron chi connectivity index (χ4n) is 1.43. The Labute approximate surface area is 124 Å². The maximum atomic E-state index is 11.7. The van der Waals surface area contributed by atoms with Crippen molar-refractivity contribution in [3.05, 3.63) is 11.4 Å². The lowest BCUT2D eigenvalue weighted by Crippen LogP contribution is -2.25. The molecule has 6 heteroatoms. The SMILES string of the molecule is Cc1c(N)nc(C(C)C)nc1SCC(=O)OC(C)(C)C. The third-order valence-corrected chi connectivity index (χ3v) is 3.47. The largest absolute Gasteiger partial charge is 0.459 e. The molecule has 0 saturated heterocycles. The van der Waals surface area contributed by atoms with Gasteiger partial charge >= 0.3 is 5.97 Å². The molecular weight excluding hydrogens is 274 g/mol. The number of ether oxygens (including phenoxy) is 1. The highest BCUT2D eigenvalue weighted by molar-refractivity contribution is 7.99. The molecule has 0 aliphatic heterocycles. The minimum absolute atomic E-state index is 0.193. The molecule has 112 valence electrons. The van der Waals surface area contributed by atoms with Crippen molar-refractivity contribution in [2.24, 2.45) is 0 Å². The van der Waals surface area contributed by atoms with E-state index in [9.17, 15) is 4.79 Å². The second kappa shape index (κ2) is 6.43. The van der Waals surface area contributed by atoms with Crippen LogP contribution in [0.1, 0.15) is 51.9 Å². The number of nitrogens with two attached hydrogens (primary N) is 1. The van der Waals surface area contributed by atoms with Gasteiger partial charge in [0, 0.05) is 11.5 Å². The van der Waals surface area contributed by atoms with E-state index >= 15 is 0 Å². The Morgan fingerprint density at radius 3 is 2.45 bits per heavy atom. The van der Waals surface area contributed by atoms with E-state index in [0.29, 0.717) is 11.6 Å². The van der Waals surface area contributed by atoms with Crippen LogP contribution in [-0.4, -0.2) is 27.3 Å². The van der Waals surface area contributed by atoms with Crippen LogP contribution in [0.15, 0.2) is 5.03 Å². The van der Waals surface area contributed by atoms with E-state index in [1.165, 1.54) is 11.8 Å². The highest BCUT2D eigenvalue weighted by Gasteiger charge is 2.18. The van der Waals surface area contributed by atoms with Gasteiger partial charge in [0.05, 0.1) is 5.75 Å². The topological polar surface area (TPSA) is 78.1 Å². The van der Waals surface area contributed by atoms with E-state index in [4.69, 9.17) is 10.5 Å². The number of thioether (sulfide) groups is 1. The van der Waals surface area contributed by atoms with Gasteiger partial charge < -0.3 is 10.5 Å². The highest BCUT2D eigenvalue weighted by Crippen LogP contribution is 2.26. The van der Waals surface area contributed by atoms with Gasteiger partial charge in [-0.1, -0.05) is 25.6 Å². The second-order valence-electron chi connectivity index (χ2n) is 5.93. The van der Waals surface area contributed by atoms with Crippen LogP contribution in [0.25, 0.3) is 0 Å². The Hall–Kier alpha value is -1.30. The van der Waals surface area contributed by atoms with Gasteiger partial charge in [-0.05, 0) is 27.7 Å². The molecule has 0 aliphatic carbocycles. The first kappa shape index (κ1) is 16.8. The van der Waals surface area contributed by atoms with Gasteiger partial charge in [-0.3, -0.25) is 4.79 Å². The fraction of sp³-hybridized carbons (Fsp3) is 0.643. The molecule has 0 aromatic carbocycles. The van der Waals surface area contributed by atoms with Crippen LogP contribution in [0.5, 0.6) is 0 Å². The summed E-state index contributed by atoms with van der Waals surface area (Å²) in [5.74, 6) is 1.31. The summed E-state index contributed by atoms with van der Waals surface area (Å²) in [6.07, 6.45) is 0. The smallest absolute Gasteiger partial charge is 0.316 e. The standard InChI is InChI=1S/C14H23N3O2S/c1-8(2)12-16-11(15)9(3)13(17-12)20-7-10(18)19-14(4,5)6/h8H,7H2,1-6H3,(H2,15,16,17). The molecule has 5 nitrogen and oxygen atoms in total. The Kier molecular flexibility index (Phi) is 5.39. The number of esters is 1. The van der Waals surface area contributed by atoms with E-state index in [1.54, 1.807) is 0 Å². The van der Waals surface area contributed by atoms with Crippen molar-refractivity contribution in [3.8, 4) is 0 Å². The molecule has 0 atom stereocenters. The van der Waals surface area contributed by atoms with Crippen molar-refractivity contribution in [1.29, 1.82) is 0 Å². The van der Waals surface area contributed by atoms with Gasteiger partial charge in [0.1, 0.15) is 22.3 Å². The van der Waals surface area contributed by atoms with Crippen molar-refractivity contribution in [2.75, 3.05) is 11.5 Å². The van der Waals surface area contributed by atoms with Crippen molar-refractivity contribution >= 4 is 23.5 Å². The summed E-state index contributed by atoms with van der Waals surface area (Å²) in [5.41, 5.74) is 6.22. The first-order valence-corrected chi connectivity index (χ1v) is 7.57. The van der Waals surface area contributed by atoms with E-state index < -0.39 is 5.60 Å². The summed E-state index contributed by atoms with van der Waals surface area (Å²) in [6, 6.07) is 0. The van der Waals surface area contributed by atoms with Crippen molar-refractivity contribution in [3.63, 3.8) is 0 Å². The summed E-state index contributed by atoms with van der Waals surface area (Å²) in [4.78, 5) is 20.5. The number of anilines is 1. The monoisotopic (exact) mass is 297 g/mol. The molecule has 0 bridgehead atoms. The average molecular weight is 297 g/mol. The van der Waals surface area contributed by atoms with E-state index in [2.05, 4.69) is 9.97 Å². The molecule has 2 N–H and O–H groups in total. The van der Waals surface area contributed by atoms with Crippen molar-refractivity contribution in [1.82, 2.24) is 9.97 Å². The second-order valence-corrected chi connectivity index (χ2v) is 6.89. The number of hydrogen-bond acceptors (Lipinski definition) is 6. The minimum Gasteiger partial charge on any atom is -0.459 e. The number of rotatable bonds is 4. The van der Waals surface area contributed by atoms with Gasteiger partial charge in [-0.25, -0.2) is 9.97 Å². The lowest BCUT2D eigenvalue weighted by molar-refractivity contribution is -0.151. The van der Waals surface area contributed by atoms with Crippen LogP contribution >= 0.6 is 11.8 Å². The molecule has 1 rings (SSSR count). The number of aromatic nitrogens is 2. The van der Waals surface area contributed by atoms with Gasteiger partial charge in [-0.15, -0.1) is 0 Å². The van der Waals surface area contributed by atoms with Crippen LogP contribution in [0, 0.1) is 6.92 Å². The molecular formula is C14H23N3O2S. The number of hydrogen-bond donors (Lipinski definition) is 1. The fourth-order valence-corrected chi connectivity index (χ4v) is 2.22. The summed E-state index contributed by atoms with van der Waals surface area (Å²) in [7, 11) is 0. The van der Waals surface area contributed by atoms with E-state index in [-0.39, 0.29) is 17.6 Å². The van der Waals surface area contributed by atoms with E-state index in [1.807, 2.05) is 41.5 Å². The van der Waals surface area contributed by atoms with Gasteiger partial charge in [-0.2, -0.15) is 0 Å². The molecule has 0 fully saturated rings. The minimum atomic E-state index is -0.472. The lowest BCUT2D eigenvalue weighted by atomic mass is 10.2. The molecule has 1 aromatic rings. The first-order chi connectivity index (χ1) is 9.10. The third kappa shape index (κ3) is 5.00. The zero-order chi connectivity index (χ0) is 15.5. The van der Waals surface area contributed by atoms with Gasteiger partial charge in [0.15, 0.2) is 0 Å². The predicted molar refractivity (Wildman–Crippen MR) is 81.8 cm³/mol. The first-order valence-electron chi connectivity index (χ1n) is 6.59. The highest BCUT2D eigenvalue weighted by atomic mass is 32.2. The number of nitrogen functional groups attached to an aromatic ring is 1. The van der Waals surface area contributed by atoms with Crippen LogP contribution in [0.2, 0.25) is 0 Å². The van der Waals surface area contributed by atoms with Crippen molar-refractivity contribution < 1.29 is 9.53 Å². The quantitative estimate of drug-likeness (QED) is 0.523. The van der Waals surface area contributed by atoms with Gasteiger partial charge in [0.2, 0.25) is 0 Å². The van der Waals surface area contributed by atoms with Crippen molar-refractivity contribution in [2.45, 2.75) is 58.1 Å². The zero-order valence-corrected chi connectivity index (χ0v) is 13.8. The molecule has 0 aliphatic rings. The van der Waals surface area contributed by atoms with Crippen LogP contribution in [-0.2, 0) is 9.53 Å². The molecule has 0 unspecified atom stereocenters. The molecule has 1 heterocycles. The Bertz CT molecular complexity index is 496. The number of carbonyl (C=O) groups excluding carboxylic acids is 1. The van der Waals surface area contributed by atoms with Crippen LogP contribution in [0.3, 0.4) is 0 Å². The summed E-state index contributed by atoms with van der Waals surface area (Å²) in [5, 5.41) is 0.743. The number of nitrogens with zero attached hydrogens (tertiary/aromatic N) is 2. The predicted octanol–water partition coefficient (Wildman–Crippen LogP) is 2.92. The maximum Gasteiger partial charge on any atom is 0.316 e. The third-order valence-electron chi connectivity index (χ3n) is 2.42. The Balaban J connectivity index is 2.80.